The lowest BCUT2D eigenvalue weighted by atomic mass is 10.2. The second-order valence-electron chi connectivity index (χ2n) is 7.25. The summed E-state index contributed by atoms with van der Waals surface area (Å²) in [6, 6.07) is 24.0. The first-order valence-electron chi connectivity index (χ1n) is 10.4. The minimum Gasteiger partial charge on any atom is -0.473 e. The van der Waals surface area contributed by atoms with E-state index in [9.17, 15) is 5.11 Å². The highest BCUT2D eigenvalue weighted by Gasteiger charge is 2.13. The average molecular weight is 447 g/mol. The van der Waals surface area contributed by atoms with E-state index in [1.807, 2.05) is 60.7 Å². The highest BCUT2D eigenvalue weighted by molar-refractivity contribution is 7.19. The van der Waals surface area contributed by atoms with Crippen LogP contribution in [-0.2, 0) is 13.2 Å². The maximum atomic E-state index is 10.6. The van der Waals surface area contributed by atoms with E-state index < -0.39 is 6.10 Å². The molecule has 0 aliphatic heterocycles. The number of aromatic nitrogens is 1. The minimum absolute atomic E-state index is 0.358. The monoisotopic (exact) mass is 446 g/mol. The van der Waals surface area contributed by atoms with Crippen LogP contribution in [0.4, 0.5) is 0 Å². The molecule has 0 aliphatic rings. The summed E-state index contributed by atoms with van der Waals surface area (Å²) in [6.45, 7) is 1.31. The van der Waals surface area contributed by atoms with Crippen LogP contribution in [0.1, 0.15) is 22.1 Å². The van der Waals surface area contributed by atoms with Crippen LogP contribution in [0.2, 0.25) is 0 Å². The maximum Gasteiger partial charge on any atom is 0.218 e. The van der Waals surface area contributed by atoms with Crippen molar-refractivity contribution in [3.05, 3.63) is 95.0 Å². The molecule has 0 aliphatic carbocycles. The van der Waals surface area contributed by atoms with E-state index in [2.05, 4.69) is 32.7 Å². The number of aliphatic hydroxyl groups excluding tert-OH is 1. The van der Waals surface area contributed by atoms with Crippen LogP contribution in [0.5, 0.6) is 5.88 Å². The molecule has 0 fully saturated rings. The fourth-order valence-corrected chi connectivity index (χ4v) is 4.33. The predicted molar refractivity (Wildman–Crippen MR) is 130 cm³/mol. The van der Waals surface area contributed by atoms with E-state index in [0.717, 1.165) is 21.4 Å². The Balaban J connectivity index is 1.31. The first-order valence-corrected chi connectivity index (χ1v) is 11.3. The Morgan fingerprint density at radius 1 is 1.06 bits per heavy atom. The summed E-state index contributed by atoms with van der Waals surface area (Å²) in [5, 5.41) is 18.2. The number of thiophene rings is 1. The first kappa shape index (κ1) is 21.8. The Morgan fingerprint density at radius 2 is 1.88 bits per heavy atom. The maximum absolute atomic E-state index is 10.6. The Morgan fingerprint density at radius 3 is 2.69 bits per heavy atom. The summed E-state index contributed by atoms with van der Waals surface area (Å²) in [4.78, 5) is 9.56. The third kappa shape index (κ3) is 5.63. The number of rotatable bonds is 8. The molecular weight excluding hydrogens is 420 g/mol. The van der Waals surface area contributed by atoms with Crippen LogP contribution in [0.25, 0.3) is 10.1 Å². The van der Waals surface area contributed by atoms with Crippen LogP contribution < -0.4 is 15.4 Å². The molecule has 3 N–H and O–H groups in total. The molecule has 1 unspecified atom stereocenters. The zero-order valence-corrected chi connectivity index (χ0v) is 18.7. The predicted octanol–water partition coefficient (Wildman–Crippen LogP) is 4.27. The molecule has 0 saturated heterocycles. The van der Waals surface area contributed by atoms with E-state index in [4.69, 9.17) is 4.74 Å². The van der Waals surface area contributed by atoms with Gasteiger partial charge in [-0.05, 0) is 29.1 Å². The second kappa shape index (κ2) is 10.7. The van der Waals surface area contributed by atoms with Crippen LogP contribution >= 0.6 is 11.3 Å². The summed E-state index contributed by atoms with van der Waals surface area (Å²) in [7, 11) is 1.71. The van der Waals surface area contributed by atoms with Gasteiger partial charge in [0.05, 0.1) is 0 Å². The summed E-state index contributed by atoms with van der Waals surface area (Å²) < 4.78 is 7.09. The van der Waals surface area contributed by atoms with Crippen LogP contribution in [-0.4, -0.2) is 29.6 Å². The lowest BCUT2D eigenvalue weighted by molar-refractivity contribution is 0.184. The van der Waals surface area contributed by atoms with Gasteiger partial charge in [0.2, 0.25) is 5.88 Å². The van der Waals surface area contributed by atoms with Gasteiger partial charge in [-0.15, -0.1) is 11.3 Å². The first-order chi connectivity index (χ1) is 15.7. The third-order valence-electron chi connectivity index (χ3n) is 4.97. The Kier molecular flexibility index (Phi) is 7.32. The highest BCUT2D eigenvalue weighted by atomic mass is 32.1. The number of aliphatic hydroxyl groups is 1. The number of pyridine rings is 1. The average Bonchev–Trinajstić information content (AvgIpc) is 3.28. The van der Waals surface area contributed by atoms with Crippen LogP contribution in [0, 0.1) is 0 Å². The van der Waals surface area contributed by atoms with Crippen molar-refractivity contribution in [1.29, 1.82) is 0 Å². The van der Waals surface area contributed by atoms with Crippen molar-refractivity contribution in [2.75, 3.05) is 13.6 Å². The number of hydrogen-bond donors (Lipinski definition) is 3. The van der Waals surface area contributed by atoms with Crippen molar-refractivity contribution in [2.45, 2.75) is 19.3 Å². The Labute approximate surface area is 191 Å². The molecule has 4 rings (SSSR count). The summed E-state index contributed by atoms with van der Waals surface area (Å²) in [6.07, 6.45) is 1.10. The molecule has 7 heteroatoms. The van der Waals surface area contributed by atoms with Gasteiger partial charge in [0.15, 0.2) is 5.96 Å². The molecule has 2 aromatic heterocycles. The largest absolute Gasteiger partial charge is 0.473 e. The Bertz CT molecular complexity index is 1140. The molecule has 2 aromatic carbocycles. The fraction of sp³-hybridized carbons (Fsp3) is 0.200. The lowest BCUT2D eigenvalue weighted by Crippen LogP contribution is -2.39. The van der Waals surface area contributed by atoms with Gasteiger partial charge in [-0.3, -0.25) is 4.99 Å². The topological polar surface area (TPSA) is 78.8 Å². The summed E-state index contributed by atoms with van der Waals surface area (Å²) in [5.41, 5.74) is 2.02. The van der Waals surface area contributed by atoms with Gasteiger partial charge < -0.3 is 20.5 Å². The highest BCUT2D eigenvalue weighted by Crippen LogP contribution is 2.29. The van der Waals surface area contributed by atoms with Gasteiger partial charge in [0, 0.05) is 41.5 Å². The molecule has 0 amide bonds. The van der Waals surface area contributed by atoms with E-state index >= 15 is 0 Å². The number of guanidine groups is 1. The summed E-state index contributed by atoms with van der Waals surface area (Å²) in [5.74, 6) is 1.19. The van der Waals surface area contributed by atoms with Gasteiger partial charge in [-0.1, -0.05) is 54.6 Å². The summed E-state index contributed by atoms with van der Waals surface area (Å²) >= 11 is 1.61. The number of benzene rings is 2. The molecule has 164 valence electrons. The number of aliphatic imine (C=N–C) groups is 1. The molecule has 1 atom stereocenters. The van der Waals surface area contributed by atoms with Crippen LogP contribution in [0.15, 0.2) is 84.0 Å². The van der Waals surface area contributed by atoms with Crippen molar-refractivity contribution in [3.8, 4) is 5.88 Å². The van der Waals surface area contributed by atoms with Crippen LogP contribution in [0.3, 0.4) is 0 Å². The van der Waals surface area contributed by atoms with Gasteiger partial charge in [-0.2, -0.15) is 0 Å². The quantitative estimate of drug-likeness (QED) is 0.278. The van der Waals surface area contributed by atoms with E-state index in [1.165, 1.54) is 4.70 Å². The van der Waals surface area contributed by atoms with E-state index in [1.54, 1.807) is 24.6 Å². The Hall–Kier alpha value is -3.42. The molecule has 0 spiro atoms. The minimum atomic E-state index is -0.617. The van der Waals surface area contributed by atoms with E-state index in [0.29, 0.717) is 31.5 Å². The van der Waals surface area contributed by atoms with Crippen molar-refractivity contribution in [3.63, 3.8) is 0 Å². The van der Waals surface area contributed by atoms with Crippen molar-refractivity contribution >= 4 is 27.4 Å². The second-order valence-corrected chi connectivity index (χ2v) is 8.37. The smallest absolute Gasteiger partial charge is 0.218 e. The molecular formula is C25H26N4O2S. The lowest BCUT2D eigenvalue weighted by Gasteiger charge is -2.16. The molecule has 2 heterocycles. The van der Waals surface area contributed by atoms with Gasteiger partial charge in [-0.25, -0.2) is 4.98 Å². The third-order valence-corrected chi connectivity index (χ3v) is 6.19. The fourth-order valence-electron chi connectivity index (χ4n) is 3.27. The molecule has 32 heavy (non-hydrogen) atoms. The molecule has 0 bridgehead atoms. The standard InChI is InChI=1S/C25H26N4O2S/c1-26-25(29-16-21(30)23-14-19-10-5-6-12-22(19)32-23)28-15-20-11-7-13-27-24(20)31-17-18-8-3-2-4-9-18/h2-14,21,30H,15-17H2,1H3,(H2,26,28,29). The number of fused-ring (bicyclic) bond motifs is 1. The van der Waals surface area contributed by atoms with Gasteiger partial charge in [0.25, 0.3) is 0 Å². The zero-order valence-electron chi connectivity index (χ0n) is 17.9. The number of hydrogen-bond acceptors (Lipinski definition) is 5. The number of nitrogens with zero attached hydrogens (tertiary/aromatic N) is 2. The number of ether oxygens (including phenoxy) is 1. The van der Waals surface area contributed by atoms with Crippen molar-refractivity contribution < 1.29 is 9.84 Å². The zero-order chi connectivity index (χ0) is 22.2. The molecule has 4 aromatic rings. The van der Waals surface area contributed by atoms with Crippen molar-refractivity contribution in [2.24, 2.45) is 4.99 Å². The van der Waals surface area contributed by atoms with E-state index in [-0.39, 0.29) is 0 Å². The molecule has 0 radical (unpaired) electrons. The van der Waals surface area contributed by atoms with Gasteiger partial charge in [0.1, 0.15) is 12.7 Å². The molecule has 6 nitrogen and oxygen atoms in total. The normalized spacial score (nSPS) is 12.5. The van der Waals surface area contributed by atoms with Gasteiger partial charge >= 0.3 is 0 Å². The van der Waals surface area contributed by atoms with Crippen molar-refractivity contribution in [1.82, 2.24) is 15.6 Å². The number of nitrogens with one attached hydrogen (secondary N) is 2. The molecule has 0 saturated carbocycles. The SMILES string of the molecule is CN=C(NCc1cccnc1OCc1ccccc1)NCC(O)c1cc2ccccc2s1.